The average molecular weight is 316 g/mol. The second-order valence-electron chi connectivity index (χ2n) is 5.49. The summed E-state index contributed by atoms with van der Waals surface area (Å²) >= 11 is 0. The normalized spacial score (nSPS) is 15.7. The Labute approximate surface area is 135 Å². The highest BCUT2D eigenvalue weighted by molar-refractivity contribution is 5.78. The summed E-state index contributed by atoms with van der Waals surface area (Å²) in [5, 5.41) is 2.95. The Kier molecular flexibility index (Phi) is 4.57. The Hall–Kier alpha value is -2.41. The van der Waals surface area contributed by atoms with E-state index in [1.165, 1.54) is 12.4 Å². The summed E-state index contributed by atoms with van der Waals surface area (Å²) < 4.78 is 13.8. The van der Waals surface area contributed by atoms with Crippen LogP contribution in [0.4, 0.5) is 27.4 Å². The minimum atomic E-state index is -0.344. The number of para-hydroxylation sites is 1. The Morgan fingerprint density at radius 2 is 1.91 bits per heavy atom. The van der Waals surface area contributed by atoms with Gasteiger partial charge in [-0.25, -0.2) is 14.4 Å². The number of nitrogens with one attached hydrogen (secondary N) is 1. The molecule has 122 valence electrons. The largest absolute Gasteiger partial charge is 0.393 e. The molecule has 1 fully saturated rings. The Balaban J connectivity index is 1.80. The summed E-state index contributed by atoms with van der Waals surface area (Å²) in [4.78, 5) is 13.0. The van der Waals surface area contributed by atoms with Gasteiger partial charge in [-0.1, -0.05) is 19.1 Å². The van der Waals surface area contributed by atoms with Gasteiger partial charge in [-0.3, -0.25) is 0 Å². The molecule has 0 spiro atoms. The van der Waals surface area contributed by atoms with Crippen LogP contribution in [0.25, 0.3) is 0 Å². The molecule has 0 radical (unpaired) electrons. The van der Waals surface area contributed by atoms with Gasteiger partial charge in [-0.05, 0) is 18.7 Å². The Morgan fingerprint density at radius 1 is 1.17 bits per heavy atom. The molecule has 0 unspecified atom stereocenters. The molecule has 1 aromatic heterocycles. The third-order valence-electron chi connectivity index (χ3n) is 4.11. The van der Waals surface area contributed by atoms with Gasteiger partial charge >= 0.3 is 0 Å². The summed E-state index contributed by atoms with van der Waals surface area (Å²) in [6.07, 6.45) is 1.46. The van der Waals surface area contributed by atoms with E-state index in [4.69, 9.17) is 5.73 Å². The molecule has 0 amide bonds. The fourth-order valence-electron chi connectivity index (χ4n) is 2.70. The van der Waals surface area contributed by atoms with Crippen molar-refractivity contribution in [3.8, 4) is 0 Å². The number of aromatic nitrogens is 2. The lowest BCUT2D eigenvalue weighted by atomic mass is 10.2. The quantitative estimate of drug-likeness (QED) is 0.900. The van der Waals surface area contributed by atoms with Crippen molar-refractivity contribution in [3.05, 3.63) is 36.4 Å². The van der Waals surface area contributed by atoms with Crippen molar-refractivity contribution < 1.29 is 4.39 Å². The molecular formula is C16H21FN6. The van der Waals surface area contributed by atoms with E-state index in [1.54, 1.807) is 18.2 Å². The predicted octanol–water partition coefficient (Wildman–Crippen LogP) is 2.08. The van der Waals surface area contributed by atoms with E-state index in [0.717, 1.165) is 32.7 Å². The van der Waals surface area contributed by atoms with Crippen LogP contribution in [0.2, 0.25) is 0 Å². The lowest BCUT2D eigenvalue weighted by Crippen LogP contribution is -2.46. The highest BCUT2D eigenvalue weighted by Crippen LogP contribution is 2.29. The van der Waals surface area contributed by atoms with Crippen molar-refractivity contribution in [3.63, 3.8) is 0 Å². The highest BCUT2D eigenvalue weighted by atomic mass is 19.1. The van der Waals surface area contributed by atoms with Gasteiger partial charge in [-0.2, -0.15) is 0 Å². The van der Waals surface area contributed by atoms with Gasteiger partial charge in [0, 0.05) is 26.2 Å². The molecule has 0 bridgehead atoms. The topological polar surface area (TPSA) is 70.3 Å². The maximum atomic E-state index is 13.8. The number of rotatable bonds is 4. The molecule has 0 aliphatic carbocycles. The first-order valence-electron chi connectivity index (χ1n) is 7.78. The lowest BCUT2D eigenvalue weighted by Gasteiger charge is -2.35. The van der Waals surface area contributed by atoms with Crippen LogP contribution in [0.3, 0.4) is 0 Å². The number of hydrogen-bond donors (Lipinski definition) is 2. The van der Waals surface area contributed by atoms with E-state index >= 15 is 0 Å². The molecule has 3 rings (SSSR count). The number of nitrogens with two attached hydrogens (primary N) is 1. The van der Waals surface area contributed by atoms with Gasteiger partial charge in [0.15, 0.2) is 11.6 Å². The molecule has 7 heteroatoms. The van der Waals surface area contributed by atoms with Crippen LogP contribution in [0.5, 0.6) is 0 Å². The first-order chi connectivity index (χ1) is 11.2. The first-order valence-corrected chi connectivity index (χ1v) is 7.78. The fourth-order valence-corrected chi connectivity index (χ4v) is 2.70. The van der Waals surface area contributed by atoms with Crippen molar-refractivity contribution in [2.75, 3.05) is 48.7 Å². The van der Waals surface area contributed by atoms with E-state index in [9.17, 15) is 4.39 Å². The van der Waals surface area contributed by atoms with Crippen LogP contribution in [0, 0.1) is 5.82 Å². The van der Waals surface area contributed by atoms with Gasteiger partial charge in [0.1, 0.15) is 17.8 Å². The zero-order valence-corrected chi connectivity index (χ0v) is 13.2. The van der Waals surface area contributed by atoms with E-state index < -0.39 is 0 Å². The number of anilines is 4. The van der Waals surface area contributed by atoms with Crippen molar-refractivity contribution in [1.29, 1.82) is 0 Å². The van der Waals surface area contributed by atoms with Gasteiger partial charge < -0.3 is 20.9 Å². The third-order valence-corrected chi connectivity index (χ3v) is 4.11. The van der Waals surface area contributed by atoms with Crippen LogP contribution in [-0.2, 0) is 0 Å². The number of hydrogen-bond acceptors (Lipinski definition) is 6. The number of nitrogen functional groups attached to an aromatic ring is 1. The van der Waals surface area contributed by atoms with Crippen molar-refractivity contribution in [2.45, 2.75) is 6.92 Å². The summed E-state index contributed by atoms with van der Waals surface area (Å²) in [5.74, 6) is 0.788. The molecule has 23 heavy (non-hydrogen) atoms. The fraction of sp³-hybridized carbons (Fsp3) is 0.375. The number of nitrogens with zero attached hydrogens (tertiary/aromatic N) is 4. The zero-order valence-electron chi connectivity index (χ0n) is 13.2. The molecule has 6 nitrogen and oxygen atoms in total. The maximum Gasteiger partial charge on any atom is 0.159 e. The Morgan fingerprint density at radius 3 is 2.61 bits per heavy atom. The maximum absolute atomic E-state index is 13.8. The van der Waals surface area contributed by atoms with E-state index in [0.29, 0.717) is 23.0 Å². The zero-order chi connectivity index (χ0) is 16.2. The minimum Gasteiger partial charge on any atom is -0.393 e. The molecule has 3 N–H and O–H groups in total. The van der Waals surface area contributed by atoms with Crippen molar-refractivity contribution in [2.24, 2.45) is 0 Å². The van der Waals surface area contributed by atoms with Crippen LogP contribution < -0.4 is 16.0 Å². The van der Waals surface area contributed by atoms with Gasteiger partial charge in [0.05, 0.1) is 5.69 Å². The van der Waals surface area contributed by atoms with Crippen LogP contribution in [0.1, 0.15) is 6.92 Å². The SMILES string of the molecule is CCN1CCN(c2ncnc(Nc3ccccc3F)c2N)CC1. The smallest absolute Gasteiger partial charge is 0.159 e. The molecule has 1 aromatic carbocycles. The molecule has 1 saturated heterocycles. The summed E-state index contributed by atoms with van der Waals surface area (Å²) in [6, 6.07) is 6.44. The standard InChI is InChI=1S/C16H21FN6/c1-2-22-7-9-23(10-8-22)16-14(18)15(19-11-20-16)21-13-6-4-3-5-12(13)17/h3-6,11H,2,7-10,18H2,1H3,(H,19,20,21). The summed E-state index contributed by atoms with van der Waals surface area (Å²) in [5.41, 5.74) is 7.01. The number of benzene rings is 1. The molecule has 1 aliphatic rings. The summed E-state index contributed by atoms with van der Waals surface area (Å²) in [6.45, 7) is 6.91. The lowest BCUT2D eigenvalue weighted by molar-refractivity contribution is 0.270. The molecule has 0 saturated carbocycles. The molecule has 1 aliphatic heterocycles. The van der Waals surface area contributed by atoms with Crippen LogP contribution >= 0.6 is 0 Å². The Bertz CT molecular complexity index is 669. The monoisotopic (exact) mass is 316 g/mol. The van der Waals surface area contributed by atoms with Gasteiger partial charge in [0.2, 0.25) is 0 Å². The highest BCUT2D eigenvalue weighted by Gasteiger charge is 2.20. The molecule has 2 aromatic rings. The van der Waals surface area contributed by atoms with Crippen molar-refractivity contribution in [1.82, 2.24) is 14.9 Å². The average Bonchev–Trinajstić information content (AvgIpc) is 2.59. The second kappa shape index (κ2) is 6.78. The number of halogens is 1. The minimum absolute atomic E-state index is 0.344. The van der Waals surface area contributed by atoms with E-state index in [2.05, 4.69) is 32.0 Å². The second-order valence-corrected chi connectivity index (χ2v) is 5.49. The van der Waals surface area contributed by atoms with Crippen LogP contribution in [0.15, 0.2) is 30.6 Å². The van der Waals surface area contributed by atoms with Gasteiger partial charge in [-0.15, -0.1) is 0 Å². The van der Waals surface area contributed by atoms with Crippen molar-refractivity contribution >= 4 is 23.0 Å². The predicted molar refractivity (Wildman–Crippen MR) is 90.5 cm³/mol. The number of piperazine rings is 1. The first kappa shape index (κ1) is 15.5. The number of likely N-dealkylation sites (N-methyl/N-ethyl adjacent to an activating group) is 1. The molecule has 2 heterocycles. The summed E-state index contributed by atoms with van der Waals surface area (Å²) in [7, 11) is 0. The van der Waals surface area contributed by atoms with Gasteiger partial charge in [0.25, 0.3) is 0 Å². The molecular weight excluding hydrogens is 295 g/mol. The third kappa shape index (κ3) is 3.34. The van der Waals surface area contributed by atoms with E-state index in [-0.39, 0.29) is 5.82 Å². The van der Waals surface area contributed by atoms with Crippen LogP contribution in [-0.4, -0.2) is 47.6 Å². The molecule has 0 atom stereocenters. The van der Waals surface area contributed by atoms with E-state index in [1.807, 2.05) is 0 Å².